The molecule has 1 aromatic carbocycles. The molecule has 1 aromatic rings. The van der Waals surface area contributed by atoms with Gasteiger partial charge in [-0.1, -0.05) is 24.8 Å². The van der Waals surface area contributed by atoms with E-state index in [0.29, 0.717) is 12.4 Å². The highest BCUT2D eigenvalue weighted by molar-refractivity contribution is 5.88. The van der Waals surface area contributed by atoms with Gasteiger partial charge in [-0.05, 0) is 26.0 Å². The lowest BCUT2D eigenvalue weighted by atomic mass is 10.2. The van der Waals surface area contributed by atoms with E-state index >= 15 is 0 Å². The van der Waals surface area contributed by atoms with E-state index in [2.05, 4.69) is 11.5 Å². The van der Waals surface area contributed by atoms with E-state index in [4.69, 9.17) is 9.62 Å². The lowest BCUT2D eigenvalue weighted by molar-refractivity contribution is -0.209. The second-order valence-electron chi connectivity index (χ2n) is 3.39. The predicted octanol–water partition coefficient (Wildman–Crippen LogP) is 2.50. The van der Waals surface area contributed by atoms with Gasteiger partial charge in [-0.25, -0.2) is 9.68 Å². The van der Waals surface area contributed by atoms with Gasteiger partial charge in [0.2, 0.25) is 0 Å². The van der Waals surface area contributed by atoms with Gasteiger partial charge in [-0.3, -0.25) is 4.89 Å². The van der Waals surface area contributed by atoms with E-state index in [9.17, 15) is 4.79 Å². The van der Waals surface area contributed by atoms with Crippen LogP contribution in [0.1, 0.15) is 13.8 Å². The van der Waals surface area contributed by atoms with E-state index in [1.807, 2.05) is 13.0 Å². The summed E-state index contributed by atoms with van der Waals surface area (Å²) < 4.78 is 5.22. The molecule has 0 saturated heterocycles. The van der Waals surface area contributed by atoms with Gasteiger partial charge in [0.25, 0.3) is 0 Å². The molecule has 0 heterocycles. The first-order valence-corrected chi connectivity index (χ1v) is 5.39. The molecule has 1 rings (SSSR count). The normalized spacial score (nSPS) is 11.6. The summed E-state index contributed by atoms with van der Waals surface area (Å²) in [7, 11) is 0. The molecule has 4 nitrogen and oxygen atoms in total. The summed E-state index contributed by atoms with van der Waals surface area (Å²) in [5, 5.41) is 0. The summed E-state index contributed by atoms with van der Waals surface area (Å²) in [4.78, 5) is 21.0. The molecular weight excluding hydrogens is 220 g/mol. The van der Waals surface area contributed by atoms with E-state index in [1.54, 1.807) is 31.2 Å². The number of benzene rings is 1. The molecule has 1 unspecified atom stereocenters. The predicted molar refractivity (Wildman–Crippen MR) is 63.4 cm³/mol. The SMILES string of the molecule is C=C(C(=O)OOc1ccccc1)C(C)OCC. The van der Waals surface area contributed by atoms with E-state index in [1.165, 1.54) is 0 Å². The fourth-order valence-corrected chi connectivity index (χ4v) is 1.13. The lowest BCUT2D eigenvalue weighted by Gasteiger charge is -2.12. The molecule has 0 radical (unpaired) electrons. The number of hydrogen-bond acceptors (Lipinski definition) is 4. The zero-order chi connectivity index (χ0) is 12.7. The van der Waals surface area contributed by atoms with Gasteiger partial charge in [0.15, 0.2) is 5.75 Å². The highest BCUT2D eigenvalue weighted by Gasteiger charge is 2.17. The van der Waals surface area contributed by atoms with Crippen molar-refractivity contribution in [3.05, 3.63) is 42.5 Å². The summed E-state index contributed by atoms with van der Waals surface area (Å²) in [6.07, 6.45) is -0.383. The number of rotatable bonds is 6. The topological polar surface area (TPSA) is 44.8 Å². The highest BCUT2D eigenvalue weighted by atomic mass is 17.2. The van der Waals surface area contributed by atoms with Crippen molar-refractivity contribution in [3.8, 4) is 5.75 Å². The van der Waals surface area contributed by atoms with Crippen LogP contribution in [-0.2, 0) is 14.4 Å². The monoisotopic (exact) mass is 236 g/mol. The van der Waals surface area contributed by atoms with Crippen molar-refractivity contribution in [3.63, 3.8) is 0 Å². The molecule has 0 aliphatic rings. The zero-order valence-corrected chi connectivity index (χ0v) is 10.0. The first-order chi connectivity index (χ1) is 8.15. The maximum Gasteiger partial charge on any atom is 0.384 e. The summed E-state index contributed by atoms with van der Waals surface area (Å²) in [6, 6.07) is 8.76. The maximum atomic E-state index is 11.5. The molecule has 1 atom stereocenters. The zero-order valence-electron chi connectivity index (χ0n) is 10.0. The van der Waals surface area contributed by atoms with Crippen LogP contribution in [0, 0.1) is 0 Å². The van der Waals surface area contributed by atoms with Gasteiger partial charge >= 0.3 is 5.97 Å². The summed E-state index contributed by atoms with van der Waals surface area (Å²) in [6.45, 7) is 7.69. The first-order valence-electron chi connectivity index (χ1n) is 5.39. The van der Waals surface area contributed by atoms with E-state index < -0.39 is 5.97 Å². The third-order valence-corrected chi connectivity index (χ3v) is 2.13. The van der Waals surface area contributed by atoms with Crippen LogP contribution >= 0.6 is 0 Å². The Hall–Kier alpha value is -1.81. The standard InChI is InChI=1S/C13H16O4/c1-4-15-11(3)10(2)13(14)17-16-12-8-6-5-7-9-12/h5-9,11H,2,4H2,1,3H3. The Morgan fingerprint density at radius 2 is 2.00 bits per heavy atom. The number of hydrogen-bond donors (Lipinski definition) is 0. The number of ether oxygens (including phenoxy) is 1. The third kappa shape index (κ3) is 4.28. The smallest absolute Gasteiger partial charge is 0.374 e. The van der Waals surface area contributed by atoms with Crippen LogP contribution < -0.4 is 4.89 Å². The average molecular weight is 236 g/mol. The molecule has 92 valence electrons. The van der Waals surface area contributed by atoms with Gasteiger partial charge < -0.3 is 4.74 Å². The van der Waals surface area contributed by atoms with Gasteiger partial charge in [-0.15, -0.1) is 0 Å². The van der Waals surface area contributed by atoms with Crippen molar-refractivity contribution >= 4 is 5.97 Å². The van der Waals surface area contributed by atoms with E-state index in [-0.39, 0.29) is 11.7 Å². The minimum atomic E-state index is -0.630. The Bertz CT molecular complexity index is 372. The van der Waals surface area contributed by atoms with Crippen LogP contribution in [0.4, 0.5) is 0 Å². The van der Waals surface area contributed by atoms with Crippen molar-refractivity contribution in [1.29, 1.82) is 0 Å². The van der Waals surface area contributed by atoms with E-state index in [0.717, 1.165) is 0 Å². The minimum Gasteiger partial charge on any atom is -0.374 e. The fourth-order valence-electron chi connectivity index (χ4n) is 1.13. The van der Waals surface area contributed by atoms with Crippen LogP contribution in [-0.4, -0.2) is 18.7 Å². The first kappa shape index (κ1) is 13.3. The number of para-hydroxylation sites is 1. The van der Waals surface area contributed by atoms with Gasteiger partial charge in [0.05, 0.1) is 11.7 Å². The Balaban J connectivity index is 2.42. The van der Waals surface area contributed by atoms with Crippen molar-refractivity contribution < 1.29 is 19.3 Å². The van der Waals surface area contributed by atoms with Gasteiger partial charge in [-0.2, -0.15) is 0 Å². The summed E-state index contributed by atoms with van der Waals surface area (Å²) >= 11 is 0. The molecule has 17 heavy (non-hydrogen) atoms. The molecule has 0 aliphatic carbocycles. The Kier molecular flexibility index (Phi) is 5.23. The van der Waals surface area contributed by atoms with Gasteiger partial charge in [0, 0.05) is 6.61 Å². The Morgan fingerprint density at radius 1 is 1.35 bits per heavy atom. The van der Waals surface area contributed by atoms with Crippen LogP contribution in [0.5, 0.6) is 5.75 Å². The van der Waals surface area contributed by atoms with Crippen molar-refractivity contribution in [1.82, 2.24) is 0 Å². The molecule has 0 amide bonds. The van der Waals surface area contributed by atoms with Crippen LogP contribution in [0.2, 0.25) is 0 Å². The summed E-state index contributed by atoms with van der Waals surface area (Å²) in [5.74, 6) is -0.174. The molecule has 0 spiro atoms. The minimum absolute atomic E-state index is 0.225. The maximum absolute atomic E-state index is 11.5. The molecule has 0 fully saturated rings. The molecule has 0 aromatic heterocycles. The average Bonchev–Trinajstić information content (AvgIpc) is 2.36. The quantitative estimate of drug-likeness (QED) is 0.432. The summed E-state index contributed by atoms with van der Waals surface area (Å²) in [5.41, 5.74) is 0.225. The molecule has 0 bridgehead atoms. The number of carbonyl (C=O) groups excluding carboxylic acids is 1. The van der Waals surface area contributed by atoms with Crippen molar-refractivity contribution in [2.45, 2.75) is 20.0 Å². The second kappa shape index (κ2) is 6.70. The third-order valence-electron chi connectivity index (χ3n) is 2.13. The van der Waals surface area contributed by atoms with Crippen molar-refractivity contribution in [2.24, 2.45) is 0 Å². The van der Waals surface area contributed by atoms with Crippen LogP contribution in [0.25, 0.3) is 0 Å². The van der Waals surface area contributed by atoms with Crippen molar-refractivity contribution in [2.75, 3.05) is 6.61 Å². The molecule has 4 heteroatoms. The lowest BCUT2D eigenvalue weighted by Crippen LogP contribution is -2.20. The van der Waals surface area contributed by atoms with Gasteiger partial charge in [0.1, 0.15) is 0 Å². The Labute approximate surface area is 101 Å². The van der Waals surface area contributed by atoms with Crippen LogP contribution in [0.15, 0.2) is 42.5 Å². The fraction of sp³-hybridized carbons (Fsp3) is 0.308. The molecule has 0 saturated carbocycles. The Morgan fingerprint density at radius 3 is 2.59 bits per heavy atom. The largest absolute Gasteiger partial charge is 0.384 e. The number of carbonyl (C=O) groups is 1. The molecule has 0 aliphatic heterocycles. The van der Waals surface area contributed by atoms with Crippen LogP contribution in [0.3, 0.4) is 0 Å². The second-order valence-corrected chi connectivity index (χ2v) is 3.39. The molecule has 0 N–H and O–H groups in total. The molecular formula is C13H16O4. The highest BCUT2D eigenvalue weighted by Crippen LogP contribution is 2.11.